The molecule has 1 saturated carbocycles. The van der Waals surface area contributed by atoms with Crippen LogP contribution in [0, 0.1) is 12.9 Å². The number of hydrogen-bond donors (Lipinski definition) is 0. The minimum Gasteiger partial charge on any atom is -0.329 e. The molecule has 1 heterocycles. The number of nitrogens with zero attached hydrogens (tertiary/aromatic N) is 3. The summed E-state index contributed by atoms with van der Waals surface area (Å²) >= 11 is 0. The molecule has 0 aliphatic heterocycles. The molecule has 4 nitrogen and oxygen atoms in total. The minimum absolute atomic E-state index is 0.123. The molecule has 162 valence electrons. The molecule has 1 aliphatic rings. The van der Waals surface area contributed by atoms with E-state index in [0.29, 0.717) is 10.3 Å². The predicted octanol–water partition coefficient (Wildman–Crippen LogP) is 5.64. The van der Waals surface area contributed by atoms with Crippen molar-refractivity contribution in [3.05, 3.63) is 58.7 Å². The second-order valence-electron chi connectivity index (χ2n) is 8.37. The van der Waals surface area contributed by atoms with E-state index in [1.54, 1.807) is 0 Å². The maximum absolute atomic E-state index is 14.6. The van der Waals surface area contributed by atoms with E-state index in [2.05, 4.69) is 25.5 Å². The molecule has 7 heteroatoms. The maximum atomic E-state index is 14.6. The predicted molar refractivity (Wildman–Crippen MR) is 111 cm³/mol. The molecule has 1 unspecified atom stereocenters. The van der Waals surface area contributed by atoms with Gasteiger partial charge in [0.2, 0.25) is 5.95 Å². The third kappa shape index (κ3) is 4.02. The van der Waals surface area contributed by atoms with E-state index in [4.69, 9.17) is 0 Å². The van der Waals surface area contributed by atoms with Crippen molar-refractivity contribution in [1.82, 2.24) is 14.7 Å². The lowest BCUT2D eigenvalue weighted by molar-refractivity contribution is 0.0698. The summed E-state index contributed by atoms with van der Waals surface area (Å²) in [6.07, 6.45) is -1.54. The number of carbonyl (C=O) groups excluding carboxylic acids is 1. The molecular weight excluding hydrogens is 391 g/mol. The number of rotatable bonds is 7. The molecule has 0 bridgehead atoms. The van der Waals surface area contributed by atoms with E-state index < -0.39 is 35.6 Å². The van der Waals surface area contributed by atoms with Crippen LogP contribution in [0.1, 0.15) is 78.7 Å². The number of halogens is 3. The van der Waals surface area contributed by atoms with E-state index in [1.807, 2.05) is 32.0 Å². The molecule has 0 N–H and O–H groups in total. The molecule has 0 saturated heterocycles. The Bertz CT molecular complexity index is 976. The molecule has 1 amide bonds. The largest absolute Gasteiger partial charge is 0.329 e. The fourth-order valence-electron chi connectivity index (χ4n) is 3.86. The second kappa shape index (κ2) is 8.28. The van der Waals surface area contributed by atoms with Gasteiger partial charge >= 0.3 is 0 Å². The van der Waals surface area contributed by atoms with Crippen molar-refractivity contribution >= 4 is 11.5 Å². The van der Waals surface area contributed by atoms with Crippen molar-refractivity contribution in [1.29, 1.82) is 0 Å². The third-order valence-corrected chi connectivity index (χ3v) is 5.70. The van der Waals surface area contributed by atoms with Crippen molar-refractivity contribution < 1.29 is 18.0 Å². The van der Waals surface area contributed by atoms with Gasteiger partial charge in [-0.15, -0.1) is 0 Å². The number of alkyl halides is 2. The van der Waals surface area contributed by atoms with Crippen LogP contribution in [-0.2, 0) is 7.05 Å². The van der Waals surface area contributed by atoms with Gasteiger partial charge in [-0.2, -0.15) is 9.49 Å². The molecule has 1 aromatic heterocycles. The highest BCUT2D eigenvalue weighted by Gasteiger charge is 2.41. The van der Waals surface area contributed by atoms with E-state index in [-0.39, 0.29) is 12.0 Å². The van der Waals surface area contributed by atoms with Crippen LogP contribution in [0.4, 0.5) is 13.2 Å². The highest BCUT2D eigenvalue weighted by molar-refractivity contribution is 5.97. The van der Waals surface area contributed by atoms with E-state index in [9.17, 15) is 18.0 Å². The van der Waals surface area contributed by atoms with E-state index >= 15 is 0 Å². The number of aromatic nitrogens is 2. The average Bonchev–Trinajstić information content (AvgIpc) is 3.46. The molecule has 30 heavy (non-hydrogen) atoms. The first kappa shape index (κ1) is 22.1. The Morgan fingerprint density at radius 2 is 1.90 bits per heavy atom. The van der Waals surface area contributed by atoms with Crippen LogP contribution in [-0.4, -0.2) is 32.7 Å². The zero-order chi connectivity index (χ0) is 22.3. The van der Waals surface area contributed by atoms with E-state index in [1.165, 1.54) is 11.9 Å². The number of hydrogen-bond acceptors (Lipinski definition) is 2. The van der Waals surface area contributed by atoms with Gasteiger partial charge in [-0.1, -0.05) is 44.2 Å². The van der Waals surface area contributed by atoms with Crippen LogP contribution in [0.3, 0.4) is 0 Å². The van der Waals surface area contributed by atoms with Crippen molar-refractivity contribution in [3.8, 4) is 0 Å². The molecule has 2 aromatic rings. The summed E-state index contributed by atoms with van der Waals surface area (Å²) < 4.78 is 42.2. The SMILES string of the molecule is C=C(c1cc(C)ccc1C(C)C)C(C)N(C(=O)c1c(C(F)F)nn(C)c1F)C1CC1. The van der Waals surface area contributed by atoms with Gasteiger partial charge in [-0.05, 0) is 49.3 Å². The fraction of sp³-hybridized carbons (Fsp3) is 0.478. The lowest BCUT2D eigenvalue weighted by atomic mass is 9.88. The van der Waals surface area contributed by atoms with Gasteiger partial charge in [0.25, 0.3) is 12.3 Å². The Labute approximate surface area is 175 Å². The zero-order valence-electron chi connectivity index (χ0n) is 18.0. The highest BCUT2D eigenvalue weighted by atomic mass is 19.3. The van der Waals surface area contributed by atoms with Gasteiger partial charge in [-0.3, -0.25) is 4.79 Å². The quantitative estimate of drug-likeness (QED) is 0.583. The van der Waals surface area contributed by atoms with Gasteiger partial charge in [0.15, 0.2) is 0 Å². The van der Waals surface area contributed by atoms with E-state index in [0.717, 1.165) is 29.5 Å². The smallest absolute Gasteiger partial charge is 0.283 e. The van der Waals surface area contributed by atoms with Gasteiger partial charge < -0.3 is 4.90 Å². The first-order chi connectivity index (χ1) is 14.0. The summed E-state index contributed by atoms with van der Waals surface area (Å²) in [5, 5.41) is 3.53. The van der Waals surface area contributed by atoms with Crippen LogP contribution in [0.2, 0.25) is 0 Å². The summed E-state index contributed by atoms with van der Waals surface area (Å²) in [6, 6.07) is 5.50. The van der Waals surface area contributed by atoms with Crippen LogP contribution in [0.5, 0.6) is 0 Å². The number of aryl methyl sites for hydroxylation is 2. The summed E-state index contributed by atoms with van der Waals surface area (Å²) in [5.74, 6) is -1.56. The van der Waals surface area contributed by atoms with Gasteiger partial charge in [0.05, 0.1) is 6.04 Å². The van der Waals surface area contributed by atoms with Crippen LogP contribution in [0.15, 0.2) is 24.8 Å². The van der Waals surface area contributed by atoms with Crippen LogP contribution in [0.25, 0.3) is 5.57 Å². The Morgan fingerprint density at radius 1 is 1.27 bits per heavy atom. The summed E-state index contributed by atoms with van der Waals surface area (Å²) in [7, 11) is 1.21. The van der Waals surface area contributed by atoms with Crippen molar-refractivity contribution in [2.45, 2.75) is 65.0 Å². The summed E-state index contributed by atoms with van der Waals surface area (Å²) in [4.78, 5) is 14.8. The first-order valence-corrected chi connectivity index (χ1v) is 10.2. The molecule has 1 aliphatic carbocycles. The number of amides is 1. The molecule has 3 rings (SSSR count). The summed E-state index contributed by atoms with van der Waals surface area (Å²) in [5.41, 5.74) is 2.35. The molecule has 1 aromatic carbocycles. The van der Waals surface area contributed by atoms with Gasteiger partial charge in [0, 0.05) is 13.1 Å². The van der Waals surface area contributed by atoms with Crippen molar-refractivity contribution in [2.75, 3.05) is 0 Å². The van der Waals surface area contributed by atoms with Crippen molar-refractivity contribution in [2.24, 2.45) is 7.05 Å². The average molecular weight is 419 g/mol. The topological polar surface area (TPSA) is 38.1 Å². The zero-order valence-corrected chi connectivity index (χ0v) is 18.0. The Balaban J connectivity index is 2.02. The number of benzene rings is 1. The molecule has 0 spiro atoms. The monoisotopic (exact) mass is 419 g/mol. The Kier molecular flexibility index (Phi) is 6.11. The normalized spacial score (nSPS) is 15.0. The van der Waals surface area contributed by atoms with Crippen LogP contribution < -0.4 is 0 Å². The standard InChI is InChI=1S/C23H28F3N3O/c1-12(2)17-10-7-13(3)11-18(17)14(4)15(5)29(16-8-9-16)23(30)19-20(21(24)25)27-28(6)22(19)26/h7,10-12,15-16,21H,4,8-9H2,1-3,5-6H3. The Morgan fingerprint density at radius 3 is 2.43 bits per heavy atom. The first-order valence-electron chi connectivity index (χ1n) is 10.2. The molecular formula is C23H28F3N3O. The minimum atomic E-state index is -3.04. The second-order valence-corrected chi connectivity index (χ2v) is 8.37. The van der Waals surface area contributed by atoms with Gasteiger partial charge in [0.1, 0.15) is 11.3 Å². The third-order valence-electron chi connectivity index (χ3n) is 5.70. The number of carbonyl (C=O) groups is 1. The van der Waals surface area contributed by atoms with Crippen LogP contribution >= 0.6 is 0 Å². The molecule has 1 atom stereocenters. The summed E-state index contributed by atoms with van der Waals surface area (Å²) in [6.45, 7) is 12.2. The molecule has 1 fully saturated rings. The van der Waals surface area contributed by atoms with Gasteiger partial charge in [-0.25, -0.2) is 13.5 Å². The highest BCUT2D eigenvalue weighted by Crippen LogP contribution is 2.37. The lowest BCUT2D eigenvalue weighted by Gasteiger charge is -2.32. The fourth-order valence-corrected chi connectivity index (χ4v) is 3.86. The Hall–Kier alpha value is -2.57. The lowest BCUT2D eigenvalue weighted by Crippen LogP contribution is -2.41. The maximum Gasteiger partial charge on any atom is 0.283 e. The molecule has 0 radical (unpaired) electrons. The van der Waals surface area contributed by atoms with Crippen molar-refractivity contribution in [3.63, 3.8) is 0 Å².